The van der Waals surface area contributed by atoms with Crippen molar-refractivity contribution >= 4 is 11.8 Å². The molecule has 1 fully saturated rings. The van der Waals surface area contributed by atoms with Gasteiger partial charge in [-0.05, 0) is 25.2 Å². The molecule has 0 amide bonds. The molecule has 1 aliphatic rings. The molecular formula is C13H23N3O2S. The van der Waals surface area contributed by atoms with Gasteiger partial charge in [0.05, 0.1) is 6.10 Å². The summed E-state index contributed by atoms with van der Waals surface area (Å²) >= 11 is 1.48. The van der Waals surface area contributed by atoms with Gasteiger partial charge in [0.2, 0.25) is 0 Å². The van der Waals surface area contributed by atoms with E-state index in [1.807, 2.05) is 6.92 Å². The summed E-state index contributed by atoms with van der Waals surface area (Å²) in [6.45, 7) is 2.71. The first-order chi connectivity index (χ1) is 9.22. The van der Waals surface area contributed by atoms with Crippen LogP contribution in [0, 0.1) is 5.92 Å². The molecule has 0 spiro atoms. The van der Waals surface area contributed by atoms with Crippen LogP contribution in [0.25, 0.3) is 0 Å². The van der Waals surface area contributed by atoms with Gasteiger partial charge in [-0.25, -0.2) is 9.89 Å². The summed E-state index contributed by atoms with van der Waals surface area (Å²) in [7, 11) is 0. The lowest BCUT2D eigenvalue weighted by Crippen LogP contribution is -2.25. The third-order valence-corrected chi connectivity index (χ3v) is 4.83. The van der Waals surface area contributed by atoms with Crippen LogP contribution in [0.3, 0.4) is 0 Å². The van der Waals surface area contributed by atoms with Gasteiger partial charge in [-0.1, -0.05) is 37.9 Å². The Labute approximate surface area is 117 Å². The molecule has 2 rings (SSSR count). The van der Waals surface area contributed by atoms with Crippen LogP contribution in [-0.2, 0) is 6.54 Å². The number of aliphatic hydroxyl groups excluding tert-OH is 1. The van der Waals surface area contributed by atoms with Crippen LogP contribution < -0.4 is 5.69 Å². The monoisotopic (exact) mass is 285 g/mol. The number of rotatable bonds is 6. The highest BCUT2D eigenvalue weighted by Gasteiger charge is 2.22. The minimum Gasteiger partial charge on any atom is -0.392 e. The number of aromatic nitrogens is 3. The van der Waals surface area contributed by atoms with E-state index in [2.05, 4.69) is 10.2 Å². The number of H-pyrrole nitrogens is 1. The highest BCUT2D eigenvalue weighted by Crippen LogP contribution is 2.29. The van der Waals surface area contributed by atoms with Crippen LogP contribution in [0.5, 0.6) is 0 Å². The molecule has 6 heteroatoms. The molecule has 0 radical (unpaired) electrons. The van der Waals surface area contributed by atoms with Crippen LogP contribution in [-0.4, -0.2) is 31.7 Å². The van der Waals surface area contributed by atoms with Gasteiger partial charge in [0.25, 0.3) is 0 Å². The molecule has 0 aliphatic heterocycles. The van der Waals surface area contributed by atoms with Crippen LogP contribution in [0.1, 0.15) is 45.4 Å². The number of nitrogens with one attached hydrogen (secondary N) is 1. The van der Waals surface area contributed by atoms with E-state index in [0.717, 1.165) is 19.3 Å². The summed E-state index contributed by atoms with van der Waals surface area (Å²) in [6.07, 6.45) is 6.63. The van der Waals surface area contributed by atoms with E-state index in [4.69, 9.17) is 0 Å². The van der Waals surface area contributed by atoms with Crippen LogP contribution in [0.2, 0.25) is 0 Å². The molecule has 1 aliphatic carbocycles. The van der Waals surface area contributed by atoms with E-state index in [0.29, 0.717) is 23.4 Å². The second-order valence-electron chi connectivity index (χ2n) is 5.24. The first-order valence-electron chi connectivity index (χ1n) is 7.18. The Kier molecular flexibility index (Phi) is 5.51. The molecule has 108 valence electrons. The predicted octanol–water partition coefficient (Wildman–Crippen LogP) is 2.01. The molecule has 0 bridgehead atoms. The van der Waals surface area contributed by atoms with Crippen molar-refractivity contribution in [2.45, 2.75) is 63.3 Å². The number of hydrogen-bond donors (Lipinski definition) is 2. The Morgan fingerprint density at radius 1 is 1.47 bits per heavy atom. The van der Waals surface area contributed by atoms with Crippen LogP contribution in [0.15, 0.2) is 9.95 Å². The van der Waals surface area contributed by atoms with E-state index in [9.17, 15) is 9.90 Å². The van der Waals surface area contributed by atoms with Crippen molar-refractivity contribution in [1.29, 1.82) is 0 Å². The van der Waals surface area contributed by atoms with E-state index >= 15 is 0 Å². The third-order valence-electron chi connectivity index (χ3n) is 3.75. The van der Waals surface area contributed by atoms with Gasteiger partial charge < -0.3 is 5.11 Å². The molecule has 2 N–H and O–H groups in total. The number of hydrogen-bond acceptors (Lipinski definition) is 4. The standard InChI is InChI=1S/C13H23N3O2S/c1-2-8-16-12(18)14-15-13(16)19-9-11(17)10-6-4-3-5-7-10/h10-11,17H,2-9H2,1H3,(H,14,18)/t11-/m1/s1. The molecule has 1 heterocycles. The maximum absolute atomic E-state index is 11.5. The van der Waals surface area contributed by atoms with Crippen LogP contribution >= 0.6 is 11.8 Å². The van der Waals surface area contributed by atoms with Gasteiger partial charge in [-0.2, -0.15) is 0 Å². The van der Waals surface area contributed by atoms with Crippen molar-refractivity contribution in [2.24, 2.45) is 5.92 Å². The molecule has 0 aromatic carbocycles. The highest BCUT2D eigenvalue weighted by atomic mass is 32.2. The minimum atomic E-state index is -0.285. The van der Waals surface area contributed by atoms with Gasteiger partial charge in [0.1, 0.15) is 0 Å². The lowest BCUT2D eigenvalue weighted by molar-refractivity contribution is 0.105. The fourth-order valence-electron chi connectivity index (χ4n) is 2.65. The van der Waals surface area contributed by atoms with Gasteiger partial charge in [-0.15, -0.1) is 5.10 Å². The maximum atomic E-state index is 11.5. The molecule has 5 nitrogen and oxygen atoms in total. The Hall–Kier alpha value is -0.750. The largest absolute Gasteiger partial charge is 0.392 e. The van der Waals surface area contributed by atoms with Crippen molar-refractivity contribution in [3.8, 4) is 0 Å². The number of aliphatic hydroxyl groups is 1. The summed E-state index contributed by atoms with van der Waals surface area (Å²) in [5.74, 6) is 1.05. The average molecular weight is 285 g/mol. The number of nitrogens with zero attached hydrogens (tertiary/aromatic N) is 2. The van der Waals surface area contributed by atoms with Gasteiger partial charge in [0, 0.05) is 12.3 Å². The Bertz CT molecular complexity index is 437. The van der Waals surface area contributed by atoms with E-state index in [1.165, 1.54) is 31.0 Å². The summed E-state index contributed by atoms with van der Waals surface area (Å²) in [4.78, 5) is 11.5. The number of aromatic amines is 1. The normalized spacial score (nSPS) is 18.6. The van der Waals surface area contributed by atoms with Crippen molar-refractivity contribution < 1.29 is 5.11 Å². The highest BCUT2D eigenvalue weighted by molar-refractivity contribution is 7.99. The first-order valence-corrected chi connectivity index (χ1v) is 8.17. The summed E-state index contributed by atoms with van der Waals surface area (Å²) < 4.78 is 1.65. The van der Waals surface area contributed by atoms with Crippen molar-refractivity contribution in [3.63, 3.8) is 0 Å². The third kappa shape index (κ3) is 3.86. The lowest BCUT2D eigenvalue weighted by atomic mass is 9.86. The molecule has 19 heavy (non-hydrogen) atoms. The topological polar surface area (TPSA) is 70.9 Å². The second kappa shape index (κ2) is 7.14. The molecule has 1 atom stereocenters. The van der Waals surface area contributed by atoms with Gasteiger partial charge >= 0.3 is 5.69 Å². The fourth-order valence-corrected chi connectivity index (χ4v) is 3.68. The summed E-state index contributed by atoms with van der Waals surface area (Å²) in [5, 5.41) is 17.4. The first kappa shape index (κ1) is 14.7. The van der Waals surface area contributed by atoms with E-state index in [-0.39, 0.29) is 11.8 Å². The zero-order valence-corrected chi connectivity index (χ0v) is 12.3. The quantitative estimate of drug-likeness (QED) is 0.784. The molecule has 0 unspecified atom stereocenters. The Balaban J connectivity index is 1.89. The maximum Gasteiger partial charge on any atom is 0.343 e. The van der Waals surface area contributed by atoms with E-state index < -0.39 is 0 Å². The minimum absolute atomic E-state index is 0.156. The van der Waals surface area contributed by atoms with Crippen molar-refractivity contribution in [2.75, 3.05) is 5.75 Å². The van der Waals surface area contributed by atoms with E-state index in [1.54, 1.807) is 4.57 Å². The van der Waals surface area contributed by atoms with Gasteiger partial charge in [0.15, 0.2) is 5.16 Å². The van der Waals surface area contributed by atoms with Gasteiger partial charge in [-0.3, -0.25) is 4.57 Å². The SMILES string of the molecule is CCCn1c(SC[C@@H](O)C2CCCCC2)n[nH]c1=O. The van der Waals surface area contributed by atoms with Crippen LogP contribution in [0.4, 0.5) is 0 Å². The summed E-state index contributed by atoms with van der Waals surface area (Å²) in [6, 6.07) is 0. The fraction of sp³-hybridized carbons (Fsp3) is 0.846. The summed E-state index contributed by atoms with van der Waals surface area (Å²) in [5.41, 5.74) is -0.156. The number of thioether (sulfide) groups is 1. The molecule has 1 saturated carbocycles. The zero-order valence-electron chi connectivity index (χ0n) is 11.5. The van der Waals surface area contributed by atoms with Crippen molar-refractivity contribution in [1.82, 2.24) is 14.8 Å². The predicted molar refractivity (Wildman–Crippen MR) is 76.4 cm³/mol. The average Bonchev–Trinajstić information content (AvgIpc) is 2.79. The van der Waals surface area contributed by atoms with Crippen molar-refractivity contribution in [3.05, 3.63) is 10.5 Å². The molecule has 1 aromatic rings. The molecule has 0 saturated heterocycles. The molecule has 1 aromatic heterocycles. The second-order valence-corrected chi connectivity index (χ2v) is 6.23. The Morgan fingerprint density at radius 2 is 2.21 bits per heavy atom. The smallest absolute Gasteiger partial charge is 0.343 e. The zero-order chi connectivity index (χ0) is 13.7. The molecular weight excluding hydrogens is 262 g/mol. The Morgan fingerprint density at radius 3 is 2.89 bits per heavy atom. The lowest BCUT2D eigenvalue weighted by Gasteiger charge is -2.26.